The average molecular weight is 681 g/mol. The number of piperidine rings is 1. The minimum Gasteiger partial charge on any atom is -0.490 e. The van der Waals surface area contributed by atoms with Crippen molar-refractivity contribution < 1.29 is 45.5 Å². The number of alkyl halides is 6. The highest BCUT2D eigenvalue weighted by Gasteiger charge is 2.39. The first-order valence-corrected chi connectivity index (χ1v) is 15.4. The van der Waals surface area contributed by atoms with Crippen LogP contribution in [0.1, 0.15) is 36.0 Å². The summed E-state index contributed by atoms with van der Waals surface area (Å²) < 4.78 is 89.5. The van der Waals surface area contributed by atoms with Crippen molar-refractivity contribution in [2.75, 3.05) is 50.7 Å². The van der Waals surface area contributed by atoms with Gasteiger partial charge in [0.25, 0.3) is 5.69 Å². The number of carbonyl (C=O) groups excluding carboxylic acids is 1. The number of likely N-dealkylation sites (tertiary alicyclic amines) is 1. The number of nitro benzene ring substituents is 1. The Kier molecular flexibility index (Phi) is 10.7. The maximum atomic E-state index is 13.3. The number of rotatable bonds is 10. The molecule has 0 aliphatic carbocycles. The molecular weight excluding hydrogens is 646 g/mol. The fraction of sp³-hybridized carbons (Fsp3) is 0.424. The van der Waals surface area contributed by atoms with E-state index in [-0.39, 0.29) is 18.3 Å². The van der Waals surface area contributed by atoms with Crippen LogP contribution in [0.25, 0.3) is 0 Å². The number of benzene rings is 3. The molecule has 0 aromatic heterocycles. The molecule has 0 unspecified atom stereocenters. The molecule has 1 amide bonds. The van der Waals surface area contributed by atoms with Gasteiger partial charge < -0.3 is 19.3 Å². The zero-order chi connectivity index (χ0) is 34.5. The smallest absolute Gasteiger partial charge is 0.423 e. The Labute approximate surface area is 272 Å². The highest BCUT2D eigenvalue weighted by Crippen LogP contribution is 2.38. The van der Waals surface area contributed by atoms with Crippen LogP contribution in [0.2, 0.25) is 0 Å². The molecule has 0 N–H and O–H groups in total. The van der Waals surface area contributed by atoms with E-state index in [9.17, 15) is 41.3 Å². The van der Waals surface area contributed by atoms with Crippen molar-refractivity contribution in [1.29, 1.82) is 0 Å². The van der Waals surface area contributed by atoms with Gasteiger partial charge in [-0.25, -0.2) is 0 Å². The van der Waals surface area contributed by atoms with Crippen molar-refractivity contribution in [2.24, 2.45) is 0 Å². The highest BCUT2D eigenvalue weighted by molar-refractivity contribution is 5.76. The van der Waals surface area contributed by atoms with Crippen LogP contribution < -0.4 is 14.4 Å². The lowest BCUT2D eigenvalue weighted by atomic mass is 10.1. The molecule has 0 spiro atoms. The van der Waals surface area contributed by atoms with Crippen molar-refractivity contribution in [3.8, 4) is 11.5 Å². The van der Waals surface area contributed by atoms with Gasteiger partial charge >= 0.3 is 12.4 Å². The number of ether oxygens (including phenoxy) is 2. The Morgan fingerprint density at radius 3 is 2.02 bits per heavy atom. The van der Waals surface area contributed by atoms with Crippen LogP contribution in [0.5, 0.6) is 11.5 Å². The first-order chi connectivity index (χ1) is 22.8. The van der Waals surface area contributed by atoms with Crippen molar-refractivity contribution in [1.82, 2.24) is 9.80 Å². The number of anilines is 1. The molecule has 2 saturated heterocycles. The number of carbonyl (C=O) groups is 1. The quantitative estimate of drug-likeness (QED) is 0.132. The van der Waals surface area contributed by atoms with Crippen LogP contribution in [-0.2, 0) is 23.8 Å². The summed E-state index contributed by atoms with van der Waals surface area (Å²) in [5.74, 6) is 0.503. The van der Waals surface area contributed by atoms with E-state index in [2.05, 4.69) is 9.80 Å². The number of amides is 1. The van der Waals surface area contributed by atoms with Crippen molar-refractivity contribution in [3.63, 3.8) is 0 Å². The van der Waals surface area contributed by atoms with Gasteiger partial charge in [0.1, 0.15) is 29.8 Å². The van der Waals surface area contributed by atoms with Gasteiger partial charge in [0.2, 0.25) is 5.91 Å². The summed E-state index contributed by atoms with van der Waals surface area (Å²) in [5, 5.41) is 11.0. The lowest BCUT2D eigenvalue weighted by molar-refractivity contribution is -0.388. The van der Waals surface area contributed by atoms with Gasteiger partial charge in [0.15, 0.2) is 0 Å². The van der Waals surface area contributed by atoms with E-state index in [0.29, 0.717) is 56.3 Å². The van der Waals surface area contributed by atoms with Crippen LogP contribution in [-0.4, -0.2) is 72.5 Å². The maximum Gasteiger partial charge on any atom is 0.423 e. The molecule has 2 aliphatic rings. The van der Waals surface area contributed by atoms with Gasteiger partial charge in [-0.3, -0.25) is 19.8 Å². The van der Waals surface area contributed by atoms with E-state index < -0.39 is 40.2 Å². The minimum atomic E-state index is -4.89. The Morgan fingerprint density at radius 2 is 1.44 bits per heavy atom. The molecule has 2 aliphatic heterocycles. The molecule has 0 atom stereocenters. The van der Waals surface area contributed by atoms with Crippen LogP contribution in [0.4, 0.5) is 37.7 Å². The third kappa shape index (κ3) is 9.08. The van der Waals surface area contributed by atoms with Crippen molar-refractivity contribution in [3.05, 3.63) is 93.5 Å². The van der Waals surface area contributed by atoms with Crippen LogP contribution in [0, 0.1) is 10.1 Å². The molecular formula is C33H34F6N4O5. The summed E-state index contributed by atoms with van der Waals surface area (Å²) in [6.07, 6.45) is -8.48. The summed E-state index contributed by atoms with van der Waals surface area (Å²) in [6.45, 7) is 4.62. The van der Waals surface area contributed by atoms with Gasteiger partial charge in [-0.05, 0) is 54.1 Å². The number of hydrogen-bond donors (Lipinski definition) is 0. The van der Waals surface area contributed by atoms with E-state index in [1.807, 2.05) is 24.3 Å². The molecule has 48 heavy (non-hydrogen) atoms. The van der Waals surface area contributed by atoms with Gasteiger partial charge in [-0.15, -0.1) is 0 Å². The van der Waals surface area contributed by atoms with E-state index in [1.165, 1.54) is 12.1 Å². The van der Waals surface area contributed by atoms with E-state index in [0.717, 1.165) is 56.1 Å². The first-order valence-electron chi connectivity index (χ1n) is 15.4. The second kappa shape index (κ2) is 14.7. The topological polar surface area (TPSA) is 88.4 Å². The molecule has 0 bridgehead atoms. The molecule has 5 rings (SSSR count). The van der Waals surface area contributed by atoms with E-state index >= 15 is 0 Å². The standard InChI is InChI=1S/C33H34F6N4O5/c34-32(35,36)24-3-1-23(2-4-24)22-47-26-7-5-25(6-8-26)41-19-17-40(18-20-41)14-13-31(44)42-15-11-27(12-16-42)48-28-9-10-30(43(45)46)29(21-28)33(37,38)39/h1-10,21,27H,11-20,22H2. The second-order valence-corrected chi connectivity index (χ2v) is 11.7. The number of nitro groups is 1. The zero-order valence-electron chi connectivity index (χ0n) is 25.8. The summed E-state index contributed by atoms with van der Waals surface area (Å²) in [7, 11) is 0. The number of nitrogens with zero attached hydrogens (tertiary/aromatic N) is 4. The molecule has 15 heteroatoms. The molecule has 3 aromatic rings. The van der Waals surface area contributed by atoms with E-state index in [4.69, 9.17) is 9.47 Å². The number of piperazine rings is 1. The zero-order valence-corrected chi connectivity index (χ0v) is 25.8. The highest BCUT2D eigenvalue weighted by atomic mass is 19.4. The Morgan fingerprint density at radius 1 is 0.812 bits per heavy atom. The summed E-state index contributed by atoms with van der Waals surface area (Å²) in [4.78, 5) is 29.0. The van der Waals surface area contributed by atoms with Crippen LogP contribution >= 0.6 is 0 Å². The third-order valence-corrected chi connectivity index (χ3v) is 8.47. The SMILES string of the molecule is O=C(CCN1CCN(c2ccc(OCc3ccc(C(F)(F)F)cc3)cc2)CC1)N1CCC(Oc2ccc([N+](=O)[O-])c(C(F)(F)F)c2)CC1. The molecule has 2 heterocycles. The Balaban J connectivity index is 1.00. The van der Waals surface area contributed by atoms with Crippen LogP contribution in [0.3, 0.4) is 0 Å². The van der Waals surface area contributed by atoms with Crippen molar-refractivity contribution in [2.45, 2.75) is 44.3 Å². The van der Waals surface area contributed by atoms with Crippen LogP contribution in [0.15, 0.2) is 66.7 Å². The van der Waals surface area contributed by atoms with Gasteiger partial charge in [0, 0.05) is 76.8 Å². The number of hydrogen-bond acceptors (Lipinski definition) is 7. The van der Waals surface area contributed by atoms with Gasteiger partial charge in [-0.2, -0.15) is 26.3 Å². The molecule has 2 fully saturated rings. The van der Waals surface area contributed by atoms with E-state index in [1.54, 1.807) is 4.90 Å². The first kappa shape index (κ1) is 34.8. The predicted molar refractivity (Wildman–Crippen MR) is 164 cm³/mol. The van der Waals surface area contributed by atoms with Gasteiger partial charge in [0.05, 0.1) is 10.5 Å². The Hall–Kier alpha value is -4.53. The second-order valence-electron chi connectivity index (χ2n) is 11.7. The molecule has 9 nitrogen and oxygen atoms in total. The predicted octanol–water partition coefficient (Wildman–Crippen LogP) is 6.79. The lowest BCUT2D eigenvalue weighted by Crippen LogP contribution is -2.48. The largest absolute Gasteiger partial charge is 0.490 e. The van der Waals surface area contributed by atoms with Crippen molar-refractivity contribution >= 4 is 17.3 Å². The minimum absolute atomic E-state index is 0.00235. The normalized spacial score (nSPS) is 16.5. The summed E-state index contributed by atoms with van der Waals surface area (Å²) in [6, 6.07) is 15.0. The fourth-order valence-electron chi connectivity index (χ4n) is 5.74. The monoisotopic (exact) mass is 680 g/mol. The molecule has 3 aromatic carbocycles. The average Bonchev–Trinajstić information content (AvgIpc) is 3.06. The molecule has 0 radical (unpaired) electrons. The van der Waals surface area contributed by atoms with Gasteiger partial charge in [-0.1, -0.05) is 12.1 Å². The number of halogens is 6. The fourth-order valence-corrected chi connectivity index (χ4v) is 5.74. The Bertz CT molecular complexity index is 1550. The molecule has 0 saturated carbocycles. The summed E-state index contributed by atoms with van der Waals surface area (Å²) in [5.41, 5.74) is -1.45. The lowest BCUT2D eigenvalue weighted by Gasteiger charge is -2.37. The molecule has 258 valence electrons. The third-order valence-electron chi connectivity index (χ3n) is 8.47. The summed E-state index contributed by atoms with van der Waals surface area (Å²) >= 11 is 0. The maximum absolute atomic E-state index is 13.3.